The van der Waals surface area contributed by atoms with Crippen molar-refractivity contribution < 1.29 is 13.2 Å². The van der Waals surface area contributed by atoms with Crippen LogP contribution in [0.5, 0.6) is 0 Å². The molecule has 0 bridgehead atoms. The van der Waals surface area contributed by atoms with E-state index in [1.54, 1.807) is 6.07 Å². The average molecular weight is 248 g/mol. The quantitative estimate of drug-likeness (QED) is 0.879. The number of benzene rings is 2. The van der Waals surface area contributed by atoms with Gasteiger partial charge in [0.05, 0.1) is 11.3 Å². The molecule has 0 aliphatic carbocycles. The van der Waals surface area contributed by atoms with E-state index in [-0.39, 0.29) is 16.9 Å². The van der Waals surface area contributed by atoms with Crippen molar-refractivity contribution in [3.8, 4) is 6.07 Å². The second-order valence-corrected chi connectivity index (χ2v) is 3.56. The lowest BCUT2D eigenvalue weighted by atomic mass is 10.2. The highest BCUT2D eigenvalue weighted by atomic mass is 19.1. The van der Waals surface area contributed by atoms with Crippen LogP contribution in [0.1, 0.15) is 5.56 Å². The molecular formula is C13H7F3N2. The van der Waals surface area contributed by atoms with Crippen LogP contribution in [0.4, 0.5) is 24.5 Å². The number of nitrogens with one attached hydrogen (secondary N) is 1. The van der Waals surface area contributed by atoms with Crippen molar-refractivity contribution in [1.29, 1.82) is 5.26 Å². The predicted octanol–water partition coefficient (Wildman–Crippen LogP) is 3.72. The molecule has 90 valence electrons. The molecule has 0 fully saturated rings. The average Bonchev–Trinajstić information content (AvgIpc) is 2.34. The van der Waals surface area contributed by atoms with Crippen molar-refractivity contribution in [1.82, 2.24) is 0 Å². The molecule has 1 N–H and O–H groups in total. The summed E-state index contributed by atoms with van der Waals surface area (Å²) in [7, 11) is 0. The summed E-state index contributed by atoms with van der Waals surface area (Å²) in [5.41, 5.74) is 0.0235. The molecule has 0 radical (unpaired) electrons. The Morgan fingerprint density at radius 1 is 0.944 bits per heavy atom. The molecule has 2 aromatic carbocycles. The van der Waals surface area contributed by atoms with Gasteiger partial charge in [-0.1, -0.05) is 0 Å². The minimum Gasteiger partial charge on any atom is -0.353 e. The lowest BCUT2D eigenvalue weighted by Crippen LogP contribution is -1.96. The van der Waals surface area contributed by atoms with Gasteiger partial charge in [-0.3, -0.25) is 0 Å². The molecule has 0 atom stereocenters. The molecule has 0 aliphatic rings. The molecular weight excluding hydrogens is 241 g/mol. The van der Waals surface area contributed by atoms with Gasteiger partial charge in [-0.2, -0.15) is 5.26 Å². The first-order valence-corrected chi connectivity index (χ1v) is 5.02. The summed E-state index contributed by atoms with van der Waals surface area (Å²) in [6.07, 6.45) is 0. The fourth-order valence-electron chi connectivity index (χ4n) is 1.43. The first kappa shape index (κ1) is 12.0. The van der Waals surface area contributed by atoms with Crippen LogP contribution in [0.15, 0.2) is 36.4 Å². The van der Waals surface area contributed by atoms with Gasteiger partial charge < -0.3 is 5.32 Å². The summed E-state index contributed by atoms with van der Waals surface area (Å²) in [6.45, 7) is 0. The Hall–Kier alpha value is -2.48. The fraction of sp³-hybridized carbons (Fsp3) is 0. The van der Waals surface area contributed by atoms with Crippen LogP contribution >= 0.6 is 0 Å². The Balaban J connectivity index is 2.32. The molecule has 18 heavy (non-hydrogen) atoms. The zero-order valence-corrected chi connectivity index (χ0v) is 9.05. The van der Waals surface area contributed by atoms with E-state index in [1.165, 1.54) is 12.1 Å². The largest absolute Gasteiger partial charge is 0.353 e. The normalized spacial score (nSPS) is 9.89. The van der Waals surface area contributed by atoms with Crippen LogP contribution in [0, 0.1) is 28.8 Å². The molecule has 0 amide bonds. The van der Waals surface area contributed by atoms with Crippen LogP contribution in [0.3, 0.4) is 0 Å². The molecule has 2 aromatic rings. The minimum absolute atomic E-state index is 0.0980. The summed E-state index contributed by atoms with van der Waals surface area (Å²) in [5.74, 6) is -1.98. The molecule has 0 spiro atoms. The van der Waals surface area contributed by atoms with Crippen molar-refractivity contribution in [3.05, 3.63) is 59.4 Å². The van der Waals surface area contributed by atoms with Gasteiger partial charge in [0.1, 0.15) is 23.5 Å². The van der Waals surface area contributed by atoms with E-state index < -0.39 is 17.5 Å². The summed E-state index contributed by atoms with van der Waals surface area (Å²) in [5, 5.41) is 11.1. The van der Waals surface area contributed by atoms with Crippen molar-refractivity contribution in [2.75, 3.05) is 5.32 Å². The topological polar surface area (TPSA) is 35.8 Å². The highest BCUT2D eigenvalue weighted by Gasteiger charge is 2.06. The Labute approximate surface area is 101 Å². The van der Waals surface area contributed by atoms with Gasteiger partial charge in [0, 0.05) is 11.8 Å². The number of hydrogen-bond donors (Lipinski definition) is 1. The smallest absolute Gasteiger partial charge is 0.146 e. The second-order valence-electron chi connectivity index (χ2n) is 3.56. The third-order valence-corrected chi connectivity index (χ3v) is 2.30. The molecule has 2 rings (SSSR count). The summed E-state index contributed by atoms with van der Waals surface area (Å²) < 4.78 is 39.6. The van der Waals surface area contributed by atoms with Gasteiger partial charge in [0.25, 0.3) is 0 Å². The Bertz CT molecular complexity index is 633. The van der Waals surface area contributed by atoms with Crippen LogP contribution in [0.2, 0.25) is 0 Å². The van der Waals surface area contributed by atoms with E-state index in [9.17, 15) is 13.2 Å². The van der Waals surface area contributed by atoms with Crippen LogP contribution in [-0.2, 0) is 0 Å². The molecule has 2 nitrogen and oxygen atoms in total. The minimum atomic E-state index is -0.723. The number of hydrogen-bond acceptors (Lipinski definition) is 2. The lowest BCUT2D eigenvalue weighted by Gasteiger charge is -2.08. The van der Waals surface area contributed by atoms with E-state index in [2.05, 4.69) is 5.32 Å². The highest BCUT2D eigenvalue weighted by Crippen LogP contribution is 2.22. The third-order valence-electron chi connectivity index (χ3n) is 2.30. The van der Waals surface area contributed by atoms with E-state index >= 15 is 0 Å². The molecule has 0 aromatic heterocycles. The van der Waals surface area contributed by atoms with E-state index in [0.29, 0.717) is 0 Å². The van der Waals surface area contributed by atoms with Gasteiger partial charge in [-0.15, -0.1) is 0 Å². The zero-order chi connectivity index (χ0) is 13.1. The van der Waals surface area contributed by atoms with Crippen molar-refractivity contribution >= 4 is 11.4 Å². The highest BCUT2D eigenvalue weighted by molar-refractivity contribution is 5.61. The van der Waals surface area contributed by atoms with Crippen LogP contribution in [0.25, 0.3) is 0 Å². The first-order valence-electron chi connectivity index (χ1n) is 5.02. The monoisotopic (exact) mass is 248 g/mol. The van der Waals surface area contributed by atoms with Gasteiger partial charge in [-0.05, 0) is 30.3 Å². The van der Waals surface area contributed by atoms with Gasteiger partial charge in [0.15, 0.2) is 0 Å². The molecule has 0 saturated heterocycles. The summed E-state index contributed by atoms with van der Waals surface area (Å²) >= 11 is 0. The van der Waals surface area contributed by atoms with E-state index in [0.717, 1.165) is 24.3 Å². The van der Waals surface area contributed by atoms with Crippen molar-refractivity contribution in [2.24, 2.45) is 0 Å². The second kappa shape index (κ2) is 4.80. The molecule has 5 heteroatoms. The van der Waals surface area contributed by atoms with Gasteiger partial charge in [0.2, 0.25) is 0 Å². The fourth-order valence-corrected chi connectivity index (χ4v) is 1.43. The number of rotatable bonds is 2. The third kappa shape index (κ3) is 2.43. The van der Waals surface area contributed by atoms with Crippen LogP contribution in [-0.4, -0.2) is 0 Å². The van der Waals surface area contributed by atoms with Gasteiger partial charge in [-0.25, -0.2) is 13.2 Å². The molecule has 0 saturated carbocycles. The Morgan fingerprint density at radius 3 is 2.39 bits per heavy atom. The Kier molecular flexibility index (Phi) is 3.20. The number of nitriles is 1. The number of halogens is 3. The van der Waals surface area contributed by atoms with E-state index in [1.807, 2.05) is 0 Å². The maximum absolute atomic E-state index is 13.3. The molecule has 0 heterocycles. The molecule has 0 aliphatic heterocycles. The standard InChI is InChI=1S/C13H7F3N2/c14-9-2-4-11(15)13(5-9)18-10-3-1-8(7-17)12(16)6-10/h1-6,18H. The SMILES string of the molecule is N#Cc1ccc(Nc2cc(F)ccc2F)cc1F. The Morgan fingerprint density at radius 2 is 1.72 bits per heavy atom. The number of anilines is 2. The van der Waals surface area contributed by atoms with E-state index in [4.69, 9.17) is 5.26 Å². The van der Waals surface area contributed by atoms with Crippen molar-refractivity contribution in [3.63, 3.8) is 0 Å². The zero-order valence-electron chi connectivity index (χ0n) is 9.05. The predicted molar refractivity (Wildman–Crippen MR) is 60.8 cm³/mol. The van der Waals surface area contributed by atoms with Gasteiger partial charge >= 0.3 is 0 Å². The maximum atomic E-state index is 13.3. The molecule has 0 unspecified atom stereocenters. The summed E-state index contributed by atoms with van der Waals surface area (Å²) in [4.78, 5) is 0. The number of nitrogens with zero attached hydrogens (tertiary/aromatic N) is 1. The summed E-state index contributed by atoms with van der Waals surface area (Å²) in [6, 6.07) is 8.30. The lowest BCUT2D eigenvalue weighted by molar-refractivity contribution is 0.603. The first-order chi connectivity index (χ1) is 8.60. The van der Waals surface area contributed by atoms with Crippen molar-refractivity contribution in [2.45, 2.75) is 0 Å². The maximum Gasteiger partial charge on any atom is 0.146 e. The van der Waals surface area contributed by atoms with Crippen LogP contribution < -0.4 is 5.32 Å².